The molecule has 5 saturated carbocycles. The molecule has 2 N–H and O–H groups in total. The van der Waals surface area contributed by atoms with Crippen LogP contribution in [0.15, 0.2) is 0 Å². The molecule has 5 aliphatic carbocycles. The Kier molecular flexibility index (Phi) is 6.35. The highest BCUT2D eigenvalue weighted by molar-refractivity contribution is 5.66. The van der Waals surface area contributed by atoms with Crippen LogP contribution in [0.2, 0.25) is 0 Å². The van der Waals surface area contributed by atoms with Crippen LogP contribution in [-0.4, -0.2) is 57.8 Å². The van der Waals surface area contributed by atoms with E-state index >= 15 is 0 Å². The molecule has 0 aromatic carbocycles. The first-order chi connectivity index (χ1) is 18.8. The number of ether oxygens (including phenoxy) is 3. The number of fused-ring (bicyclic) bond motifs is 2. The van der Waals surface area contributed by atoms with Crippen LogP contribution in [0.5, 0.6) is 0 Å². The van der Waals surface area contributed by atoms with Gasteiger partial charge in [0, 0.05) is 25.7 Å². The molecule has 41 heavy (non-hydrogen) atoms. The zero-order chi connectivity index (χ0) is 30.2. The summed E-state index contributed by atoms with van der Waals surface area (Å²) in [4.78, 5) is 25.0. The Morgan fingerprint density at radius 3 is 2.05 bits per heavy atom. The van der Waals surface area contributed by atoms with E-state index in [2.05, 4.69) is 34.6 Å². The van der Waals surface area contributed by atoms with E-state index in [-0.39, 0.29) is 69.2 Å². The number of carbonyl (C=O) groups excluding carboxylic acids is 2. The molecule has 0 amide bonds. The second-order valence-corrected chi connectivity index (χ2v) is 17.1. The smallest absolute Gasteiger partial charge is 0.302 e. The van der Waals surface area contributed by atoms with Crippen LogP contribution in [0.4, 0.5) is 0 Å². The van der Waals surface area contributed by atoms with Crippen LogP contribution < -0.4 is 0 Å². The maximum atomic E-state index is 12.5. The minimum atomic E-state index is -0.942. The molecule has 1 saturated heterocycles. The topological polar surface area (TPSA) is 102 Å². The van der Waals surface area contributed by atoms with Crippen LogP contribution >= 0.6 is 0 Å². The predicted molar refractivity (Wildman–Crippen MR) is 154 cm³/mol. The minimum Gasteiger partial charge on any atom is -0.462 e. The van der Waals surface area contributed by atoms with Crippen molar-refractivity contribution in [1.29, 1.82) is 0 Å². The Morgan fingerprint density at radius 1 is 0.829 bits per heavy atom. The summed E-state index contributed by atoms with van der Waals surface area (Å²) < 4.78 is 19.2. The SMILES string of the molecule is CC(=O)O[C@H]1CC2[C@]3(CC[C@]4(C)[C@@H]([C@]5(C)CC[C@H](C(C)(C)O)O5)[C@@H](OC(C)=O)C[C@@]24C)C[C@@]32CC[C@H](O)C(C)(C)C12. The van der Waals surface area contributed by atoms with Gasteiger partial charge in [-0.25, -0.2) is 0 Å². The number of esters is 2. The summed E-state index contributed by atoms with van der Waals surface area (Å²) >= 11 is 0. The van der Waals surface area contributed by atoms with E-state index in [1.54, 1.807) is 0 Å². The van der Waals surface area contributed by atoms with Gasteiger partial charge in [0.25, 0.3) is 0 Å². The summed E-state index contributed by atoms with van der Waals surface area (Å²) in [6.45, 7) is 18.1. The lowest BCUT2D eigenvalue weighted by atomic mass is 9.41. The molecule has 1 aliphatic heterocycles. The Labute approximate surface area is 246 Å². The molecule has 2 unspecified atom stereocenters. The zero-order valence-electron chi connectivity index (χ0n) is 26.8. The summed E-state index contributed by atoms with van der Waals surface area (Å²) in [5.41, 5.74) is -1.88. The third-order valence-corrected chi connectivity index (χ3v) is 14.4. The predicted octanol–water partition coefficient (Wildman–Crippen LogP) is 5.58. The average molecular weight is 575 g/mol. The lowest BCUT2D eigenvalue weighted by Gasteiger charge is -2.64. The first kappa shape index (κ1) is 29.9. The molecule has 1 heterocycles. The molecule has 2 spiro atoms. The van der Waals surface area contributed by atoms with Crippen molar-refractivity contribution >= 4 is 11.9 Å². The van der Waals surface area contributed by atoms with Crippen molar-refractivity contribution in [1.82, 2.24) is 0 Å². The van der Waals surface area contributed by atoms with E-state index in [1.165, 1.54) is 13.8 Å². The standard InChI is InChI=1S/C34H54O7/c1-19(35)39-21-16-23-31(8)17-22(40-20(2)36)27(32(9)12-11-25(41-32)29(5,6)38)30(31,7)14-15-33(23)18-34(33)13-10-24(37)28(3,4)26(21)34/h21-27,37-38H,10-18H2,1-9H3/t21-,22-,23?,24-,25+,26?,27-,30+,31-,32-,33-,34+/m0/s1. The average Bonchev–Trinajstić information content (AvgIpc) is 3.17. The van der Waals surface area contributed by atoms with Gasteiger partial charge in [0.05, 0.1) is 23.4 Å². The van der Waals surface area contributed by atoms with Crippen molar-refractivity contribution in [3.63, 3.8) is 0 Å². The monoisotopic (exact) mass is 574 g/mol. The van der Waals surface area contributed by atoms with Crippen LogP contribution in [0, 0.1) is 44.8 Å². The number of carbonyl (C=O) groups is 2. The molecule has 6 fully saturated rings. The van der Waals surface area contributed by atoms with Gasteiger partial charge in [0.15, 0.2) is 0 Å². The molecule has 12 atom stereocenters. The van der Waals surface area contributed by atoms with E-state index in [0.29, 0.717) is 5.92 Å². The fourth-order valence-electron chi connectivity index (χ4n) is 12.7. The van der Waals surface area contributed by atoms with Gasteiger partial charge >= 0.3 is 11.9 Å². The second-order valence-electron chi connectivity index (χ2n) is 17.1. The summed E-state index contributed by atoms with van der Waals surface area (Å²) in [5.74, 6) is -0.0500. The van der Waals surface area contributed by atoms with Crippen molar-refractivity contribution in [2.24, 2.45) is 44.8 Å². The quantitative estimate of drug-likeness (QED) is 0.423. The first-order valence-corrected chi connectivity index (χ1v) is 16.2. The molecule has 6 aliphatic rings. The van der Waals surface area contributed by atoms with Crippen LogP contribution in [-0.2, 0) is 23.8 Å². The van der Waals surface area contributed by atoms with Crippen molar-refractivity contribution in [2.75, 3.05) is 0 Å². The highest BCUT2D eigenvalue weighted by Gasteiger charge is 2.85. The summed E-state index contributed by atoms with van der Waals surface area (Å²) in [6.07, 6.45) is 7.03. The largest absolute Gasteiger partial charge is 0.462 e. The number of aliphatic hydroxyl groups is 2. The van der Waals surface area contributed by atoms with E-state index in [0.717, 1.165) is 57.8 Å². The maximum Gasteiger partial charge on any atom is 0.302 e. The molecule has 0 bridgehead atoms. The zero-order valence-corrected chi connectivity index (χ0v) is 26.8. The summed E-state index contributed by atoms with van der Waals surface area (Å²) in [5, 5.41) is 22.0. The normalized spacial score (nSPS) is 53.4. The lowest BCUT2D eigenvalue weighted by molar-refractivity contribution is -0.220. The summed E-state index contributed by atoms with van der Waals surface area (Å²) in [6, 6.07) is 0. The minimum absolute atomic E-state index is 0.00202. The first-order valence-electron chi connectivity index (χ1n) is 16.2. The lowest BCUT2D eigenvalue weighted by Crippen LogP contribution is -2.62. The van der Waals surface area contributed by atoms with E-state index in [4.69, 9.17) is 14.2 Å². The molecule has 6 rings (SSSR count). The Morgan fingerprint density at radius 2 is 1.46 bits per heavy atom. The van der Waals surface area contributed by atoms with Gasteiger partial charge in [-0.15, -0.1) is 0 Å². The highest BCUT2D eigenvalue weighted by Crippen LogP contribution is 2.89. The van der Waals surface area contributed by atoms with E-state index in [1.807, 2.05) is 13.8 Å². The van der Waals surface area contributed by atoms with Crippen molar-refractivity contribution in [2.45, 2.75) is 156 Å². The summed E-state index contributed by atoms with van der Waals surface area (Å²) in [7, 11) is 0. The van der Waals surface area contributed by atoms with Gasteiger partial charge in [-0.3, -0.25) is 9.59 Å². The molecular weight excluding hydrogens is 520 g/mol. The number of aliphatic hydroxyl groups excluding tert-OH is 1. The highest BCUT2D eigenvalue weighted by atomic mass is 16.6. The van der Waals surface area contributed by atoms with Gasteiger partial charge in [-0.1, -0.05) is 27.7 Å². The molecular formula is C34H54O7. The third-order valence-electron chi connectivity index (χ3n) is 14.4. The van der Waals surface area contributed by atoms with E-state index < -0.39 is 17.3 Å². The third kappa shape index (κ3) is 3.79. The number of hydrogen-bond donors (Lipinski definition) is 2. The Bertz CT molecular complexity index is 1130. The molecule has 0 aromatic rings. The fourth-order valence-corrected chi connectivity index (χ4v) is 12.7. The Balaban J connectivity index is 1.43. The number of rotatable bonds is 4. The van der Waals surface area contributed by atoms with Crippen LogP contribution in [0.1, 0.15) is 120 Å². The van der Waals surface area contributed by atoms with Gasteiger partial charge in [-0.05, 0) is 112 Å². The Hall–Kier alpha value is -1.18. The molecule has 232 valence electrons. The fraction of sp³-hybridized carbons (Fsp3) is 0.941. The molecule has 7 heteroatoms. The molecule has 0 aromatic heterocycles. The van der Waals surface area contributed by atoms with Crippen LogP contribution in [0.25, 0.3) is 0 Å². The van der Waals surface area contributed by atoms with Crippen molar-refractivity contribution < 1.29 is 34.0 Å². The van der Waals surface area contributed by atoms with Gasteiger partial charge in [0.2, 0.25) is 0 Å². The second kappa shape index (κ2) is 8.72. The van der Waals surface area contributed by atoms with Crippen molar-refractivity contribution in [3.8, 4) is 0 Å². The van der Waals surface area contributed by atoms with Crippen molar-refractivity contribution in [3.05, 3.63) is 0 Å². The van der Waals surface area contributed by atoms with E-state index in [9.17, 15) is 19.8 Å². The van der Waals surface area contributed by atoms with Gasteiger partial charge in [0.1, 0.15) is 12.2 Å². The number of hydrogen-bond acceptors (Lipinski definition) is 7. The van der Waals surface area contributed by atoms with Gasteiger partial charge in [-0.2, -0.15) is 0 Å². The molecule has 0 radical (unpaired) electrons. The maximum absolute atomic E-state index is 12.5. The molecule has 7 nitrogen and oxygen atoms in total. The van der Waals surface area contributed by atoms with Crippen LogP contribution in [0.3, 0.4) is 0 Å². The van der Waals surface area contributed by atoms with Gasteiger partial charge < -0.3 is 24.4 Å².